The average molecular weight is 386 g/mol. The zero-order chi connectivity index (χ0) is 18.8. The van der Waals surface area contributed by atoms with E-state index in [-0.39, 0.29) is 19.3 Å². The molecule has 0 N–H and O–H groups in total. The smallest absolute Gasteiger partial charge is 0.331 e. The highest BCUT2D eigenvalue weighted by Gasteiger charge is 2.24. The highest BCUT2D eigenvalue weighted by molar-refractivity contribution is 6.32. The molecule has 0 atom stereocenters. The van der Waals surface area contributed by atoms with Crippen molar-refractivity contribution in [3.05, 3.63) is 58.6 Å². The number of benzene rings is 2. The predicted molar refractivity (Wildman–Crippen MR) is 100 cm³/mol. The van der Waals surface area contributed by atoms with Gasteiger partial charge < -0.3 is 19.1 Å². The molecule has 4 rings (SSSR count). The quantitative estimate of drug-likeness (QED) is 0.597. The number of esters is 1. The Morgan fingerprint density at radius 2 is 2.07 bits per heavy atom. The fourth-order valence-electron chi connectivity index (χ4n) is 3.10. The fraction of sp³-hybridized carbons (Fsp3) is 0.200. The minimum Gasteiger partial charge on any atom is -0.454 e. The van der Waals surface area contributed by atoms with Crippen LogP contribution in [-0.4, -0.2) is 31.8 Å². The predicted octanol–water partition coefficient (Wildman–Crippen LogP) is 3.21. The van der Waals surface area contributed by atoms with Gasteiger partial charge in [0.15, 0.2) is 18.1 Å². The lowest BCUT2D eigenvalue weighted by Gasteiger charge is -2.16. The van der Waals surface area contributed by atoms with E-state index in [1.54, 1.807) is 23.1 Å². The van der Waals surface area contributed by atoms with Crippen molar-refractivity contribution in [1.29, 1.82) is 0 Å². The summed E-state index contributed by atoms with van der Waals surface area (Å²) >= 11 is 6.10. The molecule has 0 aromatic heterocycles. The van der Waals surface area contributed by atoms with E-state index in [1.165, 1.54) is 6.08 Å². The van der Waals surface area contributed by atoms with Crippen molar-refractivity contribution in [1.82, 2.24) is 0 Å². The lowest BCUT2D eigenvalue weighted by molar-refractivity contribution is -0.142. The number of carbonyl (C=O) groups excluding carboxylic acids is 2. The second kappa shape index (κ2) is 7.32. The summed E-state index contributed by atoms with van der Waals surface area (Å²) in [4.78, 5) is 25.9. The van der Waals surface area contributed by atoms with E-state index in [1.807, 2.05) is 24.3 Å². The maximum absolute atomic E-state index is 12.3. The van der Waals surface area contributed by atoms with Gasteiger partial charge in [0.25, 0.3) is 5.91 Å². The number of carbonyl (C=O) groups is 2. The third kappa shape index (κ3) is 3.61. The number of hydrogen-bond donors (Lipinski definition) is 0. The van der Waals surface area contributed by atoms with Crippen molar-refractivity contribution < 1.29 is 23.8 Å². The van der Waals surface area contributed by atoms with E-state index >= 15 is 0 Å². The Hall–Kier alpha value is -2.99. The molecule has 0 unspecified atom stereocenters. The molecule has 0 bridgehead atoms. The minimum absolute atomic E-state index is 0.117. The van der Waals surface area contributed by atoms with Crippen LogP contribution in [0.1, 0.15) is 11.1 Å². The summed E-state index contributed by atoms with van der Waals surface area (Å²) in [5.74, 6) is 0.170. The largest absolute Gasteiger partial charge is 0.454 e. The topological polar surface area (TPSA) is 65.1 Å². The third-order valence-corrected chi connectivity index (χ3v) is 4.67. The summed E-state index contributed by atoms with van der Waals surface area (Å²) in [7, 11) is 0. The first-order valence-corrected chi connectivity index (χ1v) is 8.82. The molecule has 6 nitrogen and oxygen atoms in total. The average Bonchev–Trinajstić information content (AvgIpc) is 3.31. The molecule has 0 radical (unpaired) electrons. The summed E-state index contributed by atoms with van der Waals surface area (Å²) in [5.41, 5.74) is 2.67. The summed E-state index contributed by atoms with van der Waals surface area (Å²) in [5, 5.41) is 0.404. The van der Waals surface area contributed by atoms with Gasteiger partial charge in [-0.3, -0.25) is 4.79 Å². The number of rotatable bonds is 4. The molecular formula is C20H16ClNO5. The van der Waals surface area contributed by atoms with Crippen LogP contribution in [0, 0.1) is 0 Å². The number of nitrogens with zero attached hydrogens (tertiary/aromatic N) is 1. The molecule has 1 amide bonds. The molecule has 2 aliphatic rings. The number of hydrogen-bond acceptors (Lipinski definition) is 5. The number of anilines is 1. The number of halogens is 1. The monoisotopic (exact) mass is 385 g/mol. The zero-order valence-corrected chi connectivity index (χ0v) is 15.1. The Morgan fingerprint density at radius 3 is 2.96 bits per heavy atom. The van der Waals surface area contributed by atoms with Gasteiger partial charge in [0, 0.05) is 18.3 Å². The molecule has 2 aliphatic heterocycles. The maximum atomic E-state index is 12.3. The van der Waals surface area contributed by atoms with E-state index in [0.29, 0.717) is 28.6 Å². The number of para-hydroxylation sites is 1. The van der Waals surface area contributed by atoms with Gasteiger partial charge in [-0.25, -0.2) is 4.79 Å². The molecule has 2 heterocycles. The van der Waals surface area contributed by atoms with Crippen molar-refractivity contribution in [2.75, 3.05) is 24.8 Å². The molecule has 138 valence electrons. The van der Waals surface area contributed by atoms with Crippen molar-refractivity contribution in [3.8, 4) is 11.5 Å². The first-order chi connectivity index (χ1) is 13.1. The normalized spacial score (nSPS) is 14.5. The first-order valence-electron chi connectivity index (χ1n) is 8.44. The van der Waals surface area contributed by atoms with Crippen LogP contribution in [0.3, 0.4) is 0 Å². The van der Waals surface area contributed by atoms with Crippen LogP contribution in [-0.2, 0) is 20.7 Å². The molecule has 0 saturated carbocycles. The molecule has 0 saturated heterocycles. The first kappa shape index (κ1) is 17.4. The molecule has 0 aliphatic carbocycles. The number of ether oxygens (including phenoxy) is 3. The molecule has 2 aromatic rings. The van der Waals surface area contributed by atoms with Crippen LogP contribution in [0.2, 0.25) is 5.02 Å². The van der Waals surface area contributed by atoms with Crippen LogP contribution in [0.25, 0.3) is 6.08 Å². The summed E-state index contributed by atoms with van der Waals surface area (Å²) < 4.78 is 15.6. The van der Waals surface area contributed by atoms with Gasteiger partial charge in [-0.15, -0.1) is 0 Å². The second-order valence-electron chi connectivity index (χ2n) is 6.10. The molecule has 0 fully saturated rings. The molecule has 27 heavy (non-hydrogen) atoms. The van der Waals surface area contributed by atoms with Gasteiger partial charge in [0.05, 0.1) is 5.02 Å². The van der Waals surface area contributed by atoms with Crippen molar-refractivity contribution in [2.24, 2.45) is 0 Å². The van der Waals surface area contributed by atoms with E-state index in [4.69, 9.17) is 25.8 Å². The fourth-order valence-corrected chi connectivity index (χ4v) is 3.38. The Kier molecular flexibility index (Phi) is 4.73. The van der Waals surface area contributed by atoms with Crippen LogP contribution >= 0.6 is 11.6 Å². The maximum Gasteiger partial charge on any atom is 0.331 e. The standard InChI is InChI=1S/C20H16ClNO5/c21-15-9-13(10-17-20(15)27-12-26-17)5-6-19(24)25-11-18(23)22-8-7-14-3-1-2-4-16(14)22/h1-6,9-10H,7-8,11-12H2/b6-5+. The van der Waals surface area contributed by atoms with E-state index < -0.39 is 5.97 Å². The van der Waals surface area contributed by atoms with E-state index in [2.05, 4.69) is 0 Å². The number of amides is 1. The molecular weight excluding hydrogens is 370 g/mol. The van der Waals surface area contributed by atoms with E-state index in [0.717, 1.165) is 17.7 Å². The van der Waals surface area contributed by atoms with Crippen molar-refractivity contribution in [3.63, 3.8) is 0 Å². The molecule has 0 spiro atoms. The lowest BCUT2D eigenvalue weighted by atomic mass is 10.2. The van der Waals surface area contributed by atoms with Gasteiger partial charge in [-0.2, -0.15) is 0 Å². The van der Waals surface area contributed by atoms with Gasteiger partial charge in [0.2, 0.25) is 6.79 Å². The zero-order valence-electron chi connectivity index (χ0n) is 14.3. The Morgan fingerprint density at radius 1 is 1.22 bits per heavy atom. The third-order valence-electron chi connectivity index (χ3n) is 4.39. The highest BCUT2D eigenvalue weighted by Crippen LogP contribution is 2.40. The second-order valence-corrected chi connectivity index (χ2v) is 6.51. The van der Waals surface area contributed by atoms with Gasteiger partial charge in [0.1, 0.15) is 0 Å². The van der Waals surface area contributed by atoms with Crippen LogP contribution in [0.4, 0.5) is 5.69 Å². The Balaban J connectivity index is 1.34. The van der Waals surface area contributed by atoms with Gasteiger partial charge in [-0.1, -0.05) is 29.8 Å². The van der Waals surface area contributed by atoms with E-state index in [9.17, 15) is 9.59 Å². The molecule has 2 aromatic carbocycles. The summed E-state index contributed by atoms with van der Waals surface area (Å²) in [6.07, 6.45) is 3.60. The van der Waals surface area contributed by atoms with Gasteiger partial charge >= 0.3 is 5.97 Å². The number of fused-ring (bicyclic) bond motifs is 2. The SMILES string of the molecule is O=C(/C=C/c1cc(Cl)c2c(c1)OCO2)OCC(=O)N1CCc2ccccc21. The van der Waals surface area contributed by atoms with Crippen molar-refractivity contribution >= 4 is 35.2 Å². The molecule has 7 heteroatoms. The Labute approximate surface area is 160 Å². The lowest BCUT2D eigenvalue weighted by Crippen LogP contribution is -2.33. The minimum atomic E-state index is -0.607. The van der Waals surface area contributed by atoms with Gasteiger partial charge in [-0.05, 0) is 41.8 Å². The van der Waals surface area contributed by atoms with Crippen LogP contribution in [0.15, 0.2) is 42.5 Å². The highest BCUT2D eigenvalue weighted by atomic mass is 35.5. The van der Waals surface area contributed by atoms with Crippen LogP contribution < -0.4 is 14.4 Å². The van der Waals surface area contributed by atoms with Crippen molar-refractivity contribution in [2.45, 2.75) is 6.42 Å². The Bertz CT molecular complexity index is 940. The summed E-state index contributed by atoms with van der Waals surface area (Å²) in [6, 6.07) is 11.1. The van der Waals surface area contributed by atoms with Crippen LogP contribution in [0.5, 0.6) is 11.5 Å². The summed E-state index contributed by atoms with van der Waals surface area (Å²) in [6.45, 7) is 0.409.